The molecule has 0 amide bonds. The Balaban J connectivity index is 1.88. The molecule has 3 aliphatic heterocycles. The molecule has 10 nitrogen and oxygen atoms in total. The zero-order valence-corrected chi connectivity index (χ0v) is 23.8. The van der Waals surface area contributed by atoms with Gasteiger partial charge in [-0.15, -0.1) is 0 Å². The minimum absolute atomic E-state index is 0.0835. The highest BCUT2D eigenvalue weighted by atomic mass is 31.2. The zero-order chi connectivity index (χ0) is 25.0. The van der Waals surface area contributed by atoms with Gasteiger partial charge in [0.25, 0.3) is 7.82 Å². The van der Waals surface area contributed by atoms with Gasteiger partial charge in [-0.25, -0.2) is 0 Å². The maximum atomic E-state index is 13.3. The van der Waals surface area contributed by atoms with Gasteiger partial charge in [0, 0.05) is 12.6 Å². The summed E-state index contributed by atoms with van der Waals surface area (Å²) in [7, 11) is -10.5. The lowest BCUT2D eigenvalue weighted by molar-refractivity contribution is -0.235. The third-order valence-corrected chi connectivity index (χ3v) is 13.9. The minimum atomic E-state index is -4.68. The molecule has 0 aromatic carbocycles. The van der Waals surface area contributed by atoms with Crippen molar-refractivity contribution in [2.24, 2.45) is 5.92 Å². The van der Waals surface area contributed by atoms with Gasteiger partial charge in [-0.2, -0.15) is 0 Å². The van der Waals surface area contributed by atoms with Crippen molar-refractivity contribution in [1.29, 1.82) is 0 Å². The van der Waals surface area contributed by atoms with Crippen LogP contribution in [-0.2, 0) is 41.1 Å². The summed E-state index contributed by atoms with van der Waals surface area (Å²) < 4.78 is 66.5. The van der Waals surface area contributed by atoms with Gasteiger partial charge in [0.2, 0.25) is 0 Å². The van der Waals surface area contributed by atoms with Crippen LogP contribution in [0.15, 0.2) is 0 Å². The predicted molar refractivity (Wildman–Crippen MR) is 123 cm³/mol. The molecule has 3 rings (SSSR count). The molecule has 0 bridgehead atoms. The number of fused-ring (bicyclic) bond motifs is 2. The Morgan fingerprint density at radius 2 is 1.45 bits per heavy atom. The molecule has 0 aromatic rings. The lowest BCUT2D eigenvalue weighted by Gasteiger charge is -2.40. The van der Waals surface area contributed by atoms with Crippen molar-refractivity contribution < 1.29 is 46.0 Å². The second-order valence-electron chi connectivity index (χ2n) is 10.9. The van der Waals surface area contributed by atoms with Crippen LogP contribution < -0.4 is 4.89 Å². The van der Waals surface area contributed by atoms with Gasteiger partial charge >= 0.3 is 7.60 Å². The van der Waals surface area contributed by atoms with Crippen molar-refractivity contribution in [3.8, 4) is 0 Å². The number of ether oxygens (including phenoxy) is 2. The van der Waals surface area contributed by atoms with Crippen LogP contribution in [0.1, 0.15) is 41.5 Å². The second kappa shape index (κ2) is 9.67. The molecule has 0 spiro atoms. The second-order valence-corrected chi connectivity index (χ2v) is 19.0. The van der Waals surface area contributed by atoms with E-state index in [2.05, 4.69) is 33.9 Å². The van der Waals surface area contributed by atoms with Gasteiger partial charge in [0.1, 0.15) is 24.4 Å². The highest BCUT2D eigenvalue weighted by molar-refractivity contribution is 7.53. The number of hydrogen-bond donors (Lipinski definition) is 0. The quantitative estimate of drug-likeness (QED) is 0.387. The third-order valence-electron chi connectivity index (χ3n) is 7.23. The lowest BCUT2D eigenvalue weighted by atomic mass is 10.00. The summed E-state index contributed by atoms with van der Waals surface area (Å²) in [6.07, 6.45) is -4.49. The molecular weight excluding hydrogens is 490 g/mol. The summed E-state index contributed by atoms with van der Waals surface area (Å²) in [4.78, 5) is 12.6. The standard InChI is InChI=1S/C20H40O10P2Si/c1-12-13(2)26-15-10-24-31(7,21)28-19-16(11-25-32(22,23)29-17(12)15)27-14(3)18(19)30-33(8,9)20(4,5)6/h12-19H,10-11H2,1-9H3,(H,22,23)/p-1/t12?,13-,14-,15+,16+,17+,18+,19?,31?/m0/s1. The molecule has 4 unspecified atom stereocenters. The molecule has 33 heavy (non-hydrogen) atoms. The van der Waals surface area contributed by atoms with Crippen LogP contribution in [0.25, 0.3) is 0 Å². The summed E-state index contributed by atoms with van der Waals surface area (Å²) in [5.41, 5.74) is 0. The lowest BCUT2D eigenvalue weighted by Crippen LogP contribution is -2.49. The van der Waals surface area contributed by atoms with Crippen molar-refractivity contribution in [3.63, 3.8) is 0 Å². The van der Waals surface area contributed by atoms with Crippen LogP contribution in [-0.4, -0.2) is 70.9 Å². The Hall–Kier alpha value is 0.357. The molecular formula is C20H39O10P2Si-. The average Bonchev–Trinajstić information content (AvgIpc) is 3.07. The maximum absolute atomic E-state index is 13.3. The van der Waals surface area contributed by atoms with Gasteiger partial charge in [0.05, 0.1) is 31.5 Å². The average molecular weight is 530 g/mol. The fourth-order valence-electron chi connectivity index (χ4n) is 4.04. The first-order valence-electron chi connectivity index (χ1n) is 11.5. The number of hydrogen-bond acceptors (Lipinski definition) is 10. The van der Waals surface area contributed by atoms with Crippen LogP contribution in [0.4, 0.5) is 0 Å². The van der Waals surface area contributed by atoms with Crippen molar-refractivity contribution in [2.75, 3.05) is 19.9 Å². The minimum Gasteiger partial charge on any atom is -0.756 e. The molecule has 3 heterocycles. The molecule has 3 aliphatic rings. The van der Waals surface area contributed by atoms with E-state index < -0.39 is 60.4 Å². The van der Waals surface area contributed by atoms with Gasteiger partial charge in [0.15, 0.2) is 8.32 Å². The number of rotatable bonds is 2. The fraction of sp³-hybridized carbons (Fsp3) is 1.00. The van der Waals surface area contributed by atoms with E-state index in [1.807, 2.05) is 20.8 Å². The Morgan fingerprint density at radius 3 is 2.06 bits per heavy atom. The van der Waals surface area contributed by atoms with E-state index in [0.29, 0.717) is 0 Å². The summed E-state index contributed by atoms with van der Waals surface area (Å²) in [6, 6.07) is 0. The highest BCUT2D eigenvalue weighted by Gasteiger charge is 2.52. The predicted octanol–water partition coefficient (Wildman–Crippen LogP) is 3.70. The molecule has 194 valence electrons. The van der Waals surface area contributed by atoms with Crippen LogP contribution in [0.5, 0.6) is 0 Å². The molecule has 3 saturated heterocycles. The van der Waals surface area contributed by atoms with Crippen molar-refractivity contribution in [2.45, 2.75) is 102 Å². The summed E-state index contributed by atoms with van der Waals surface area (Å²) in [5, 5.41) is -0.0835. The first kappa shape index (κ1) is 27.9. The van der Waals surface area contributed by atoms with E-state index in [1.54, 1.807) is 0 Å². The van der Waals surface area contributed by atoms with Gasteiger partial charge in [-0.05, 0) is 32.0 Å². The molecule has 10 atom stereocenters. The van der Waals surface area contributed by atoms with Crippen molar-refractivity contribution >= 4 is 23.7 Å². The number of phosphoric acid groups is 1. The Bertz CT molecular complexity index is 802. The van der Waals surface area contributed by atoms with Crippen LogP contribution in [0.2, 0.25) is 18.1 Å². The van der Waals surface area contributed by atoms with Gasteiger partial charge < -0.3 is 32.4 Å². The molecule has 13 heteroatoms. The molecule has 0 N–H and O–H groups in total. The Morgan fingerprint density at radius 1 is 0.909 bits per heavy atom. The van der Waals surface area contributed by atoms with Crippen molar-refractivity contribution in [1.82, 2.24) is 0 Å². The largest absolute Gasteiger partial charge is 0.756 e. The molecule has 0 aromatic heterocycles. The molecule has 0 saturated carbocycles. The Kier molecular flexibility index (Phi) is 8.19. The third kappa shape index (κ3) is 6.38. The van der Waals surface area contributed by atoms with Crippen LogP contribution >= 0.6 is 15.4 Å². The highest BCUT2D eigenvalue weighted by Crippen LogP contribution is 2.52. The van der Waals surface area contributed by atoms with E-state index >= 15 is 0 Å². The molecule has 3 fully saturated rings. The van der Waals surface area contributed by atoms with E-state index in [9.17, 15) is 14.0 Å². The fourth-order valence-corrected chi connectivity index (χ4v) is 7.59. The van der Waals surface area contributed by atoms with Crippen LogP contribution in [0.3, 0.4) is 0 Å². The van der Waals surface area contributed by atoms with E-state index in [4.69, 9.17) is 32.0 Å². The van der Waals surface area contributed by atoms with Crippen molar-refractivity contribution in [3.05, 3.63) is 0 Å². The maximum Gasteiger partial charge on any atom is 0.328 e. The Labute approximate surface area is 198 Å². The summed E-state index contributed by atoms with van der Waals surface area (Å²) in [5.74, 6) is -0.234. The first-order chi connectivity index (χ1) is 14.9. The zero-order valence-electron chi connectivity index (χ0n) is 21.0. The van der Waals surface area contributed by atoms with E-state index in [1.165, 1.54) is 6.66 Å². The molecule has 0 aliphatic carbocycles. The van der Waals surface area contributed by atoms with Gasteiger partial charge in [-0.3, -0.25) is 13.7 Å². The van der Waals surface area contributed by atoms with E-state index in [-0.39, 0.29) is 30.3 Å². The number of phosphoric ester groups is 1. The summed E-state index contributed by atoms with van der Waals surface area (Å²) in [6.45, 7) is 16.9. The first-order valence-corrected chi connectivity index (χ1v) is 17.8. The monoisotopic (exact) mass is 529 g/mol. The SMILES string of the molecule is CC1[C@H](C)O[C@@H]2COP(C)(=O)OC3[C@@H](COP(=O)([O-])O[C@H]12)O[C@@H](C)[C@H]3O[Si](C)(C)C(C)(C)C. The topological polar surface area (TPSA) is 122 Å². The van der Waals surface area contributed by atoms with Gasteiger partial charge in [-0.1, -0.05) is 27.7 Å². The molecule has 0 radical (unpaired) electrons. The normalized spacial score (nSPS) is 47.9. The summed E-state index contributed by atoms with van der Waals surface area (Å²) >= 11 is 0. The smallest absolute Gasteiger partial charge is 0.328 e. The van der Waals surface area contributed by atoms with Crippen LogP contribution in [0, 0.1) is 5.92 Å². The van der Waals surface area contributed by atoms with E-state index in [0.717, 1.165) is 0 Å².